The number of hydrogen-bond acceptors (Lipinski definition) is 3. The topological polar surface area (TPSA) is 74.0 Å². The van der Waals surface area contributed by atoms with Crippen molar-refractivity contribution in [2.45, 2.75) is 20.4 Å². The summed E-state index contributed by atoms with van der Waals surface area (Å²) >= 11 is 0. The zero-order valence-corrected chi connectivity index (χ0v) is 7.95. The van der Waals surface area contributed by atoms with Gasteiger partial charge in [-0.3, -0.25) is 4.79 Å². The van der Waals surface area contributed by atoms with E-state index in [1.807, 2.05) is 13.8 Å². The van der Waals surface area contributed by atoms with Crippen LogP contribution in [0.1, 0.15) is 13.8 Å². The molecule has 0 saturated carbocycles. The van der Waals surface area contributed by atoms with E-state index in [2.05, 4.69) is 0 Å². The minimum Gasteiger partial charge on any atom is -0.397 e. The molecule has 0 unspecified atom stereocenters. The van der Waals surface area contributed by atoms with Crippen LogP contribution < -0.4 is 17.0 Å². The summed E-state index contributed by atoms with van der Waals surface area (Å²) in [5.41, 5.74) is 11.6. The van der Waals surface area contributed by atoms with Crippen LogP contribution >= 0.6 is 0 Å². The molecule has 0 fully saturated rings. The quantitative estimate of drug-likeness (QED) is 0.704. The van der Waals surface area contributed by atoms with Gasteiger partial charge in [-0.05, 0) is 12.0 Å². The van der Waals surface area contributed by atoms with Crippen LogP contribution in [0.3, 0.4) is 0 Å². The summed E-state index contributed by atoms with van der Waals surface area (Å²) in [6.45, 7) is 4.71. The summed E-state index contributed by atoms with van der Waals surface area (Å²) in [6, 6.07) is 1.49. The molecule has 1 aromatic rings. The third-order valence-corrected chi connectivity index (χ3v) is 1.70. The first-order chi connectivity index (χ1) is 6.00. The van der Waals surface area contributed by atoms with E-state index in [0.717, 1.165) is 0 Å². The van der Waals surface area contributed by atoms with Crippen molar-refractivity contribution in [1.82, 2.24) is 4.57 Å². The highest BCUT2D eigenvalue weighted by Gasteiger charge is 2.03. The van der Waals surface area contributed by atoms with Crippen LogP contribution in [0.5, 0.6) is 0 Å². The van der Waals surface area contributed by atoms with Crippen LogP contribution in [0, 0.1) is 5.92 Å². The molecule has 0 aliphatic carbocycles. The number of nitrogen functional groups attached to an aromatic ring is 2. The van der Waals surface area contributed by atoms with E-state index in [9.17, 15) is 4.79 Å². The predicted molar refractivity (Wildman–Crippen MR) is 54.4 cm³/mol. The van der Waals surface area contributed by atoms with Crippen molar-refractivity contribution >= 4 is 11.4 Å². The maximum absolute atomic E-state index is 11.4. The number of pyridine rings is 1. The van der Waals surface area contributed by atoms with Crippen molar-refractivity contribution in [3.05, 3.63) is 22.6 Å². The molecule has 1 aromatic heterocycles. The molecule has 0 atom stereocenters. The van der Waals surface area contributed by atoms with E-state index < -0.39 is 0 Å². The zero-order chi connectivity index (χ0) is 10.0. The summed E-state index contributed by atoms with van der Waals surface area (Å²) in [6.07, 6.45) is 1.62. The average Bonchev–Trinajstić information content (AvgIpc) is 1.98. The summed E-state index contributed by atoms with van der Waals surface area (Å²) < 4.78 is 1.55. The van der Waals surface area contributed by atoms with Crippen molar-refractivity contribution in [1.29, 1.82) is 0 Å². The fourth-order valence-electron chi connectivity index (χ4n) is 1.21. The molecule has 13 heavy (non-hydrogen) atoms. The van der Waals surface area contributed by atoms with Crippen LogP contribution in [-0.4, -0.2) is 4.57 Å². The summed E-state index contributed by atoms with van der Waals surface area (Å²) in [4.78, 5) is 11.4. The third kappa shape index (κ3) is 2.24. The molecule has 0 amide bonds. The Morgan fingerprint density at radius 3 is 2.62 bits per heavy atom. The van der Waals surface area contributed by atoms with Crippen molar-refractivity contribution in [3.8, 4) is 0 Å². The monoisotopic (exact) mass is 181 g/mol. The van der Waals surface area contributed by atoms with Crippen LogP contribution in [0.4, 0.5) is 11.4 Å². The van der Waals surface area contributed by atoms with E-state index in [4.69, 9.17) is 11.5 Å². The molecule has 0 saturated heterocycles. The van der Waals surface area contributed by atoms with E-state index in [-0.39, 0.29) is 11.2 Å². The van der Waals surface area contributed by atoms with Crippen LogP contribution in [-0.2, 0) is 6.54 Å². The lowest BCUT2D eigenvalue weighted by Gasteiger charge is -2.09. The molecule has 1 heterocycles. The van der Waals surface area contributed by atoms with Crippen molar-refractivity contribution in [3.63, 3.8) is 0 Å². The molecule has 1 rings (SSSR count). The lowest BCUT2D eigenvalue weighted by molar-refractivity contribution is 0.512. The van der Waals surface area contributed by atoms with Gasteiger partial charge in [0.15, 0.2) is 0 Å². The van der Waals surface area contributed by atoms with Gasteiger partial charge in [0.25, 0.3) is 5.56 Å². The Hall–Kier alpha value is -1.45. The van der Waals surface area contributed by atoms with Crippen LogP contribution in [0.25, 0.3) is 0 Å². The molecule has 4 N–H and O–H groups in total. The largest absolute Gasteiger partial charge is 0.397 e. The number of nitrogens with two attached hydrogens (primary N) is 2. The number of nitrogens with zero attached hydrogens (tertiary/aromatic N) is 1. The zero-order valence-electron chi connectivity index (χ0n) is 7.95. The van der Waals surface area contributed by atoms with Crippen LogP contribution in [0.15, 0.2) is 17.1 Å². The molecular weight excluding hydrogens is 166 g/mol. The van der Waals surface area contributed by atoms with Gasteiger partial charge in [-0.2, -0.15) is 0 Å². The lowest BCUT2D eigenvalue weighted by atomic mass is 10.2. The Bertz CT molecular complexity index is 354. The predicted octanol–water partition coefficient (Wildman–Crippen LogP) is 0.669. The first-order valence-electron chi connectivity index (χ1n) is 4.26. The van der Waals surface area contributed by atoms with E-state index in [0.29, 0.717) is 18.2 Å². The minimum atomic E-state index is -0.164. The molecule has 0 aliphatic rings. The second-order valence-corrected chi connectivity index (χ2v) is 3.58. The molecule has 4 nitrogen and oxygen atoms in total. The normalized spacial score (nSPS) is 10.7. The Morgan fingerprint density at radius 2 is 2.08 bits per heavy atom. The molecule has 0 aliphatic heterocycles. The molecule has 0 bridgehead atoms. The Kier molecular flexibility index (Phi) is 2.60. The molecule has 0 spiro atoms. The van der Waals surface area contributed by atoms with Gasteiger partial charge < -0.3 is 16.0 Å². The first kappa shape index (κ1) is 9.64. The standard InChI is InChI=1S/C9H15N3O/c1-6(2)4-12-5-7(10)3-8(11)9(12)13/h3,5-6H,4,10-11H2,1-2H3. The maximum atomic E-state index is 11.4. The fourth-order valence-corrected chi connectivity index (χ4v) is 1.21. The second kappa shape index (κ2) is 3.51. The number of aromatic nitrogens is 1. The molecular formula is C9H15N3O. The van der Waals surface area contributed by atoms with Gasteiger partial charge in [-0.15, -0.1) is 0 Å². The SMILES string of the molecule is CC(C)Cn1cc(N)cc(N)c1=O. The second-order valence-electron chi connectivity index (χ2n) is 3.58. The van der Waals surface area contributed by atoms with Gasteiger partial charge >= 0.3 is 0 Å². The summed E-state index contributed by atoms with van der Waals surface area (Å²) in [5.74, 6) is 0.402. The maximum Gasteiger partial charge on any atom is 0.273 e. The van der Waals surface area contributed by atoms with Gasteiger partial charge in [0, 0.05) is 12.7 Å². The van der Waals surface area contributed by atoms with Gasteiger partial charge in [0.2, 0.25) is 0 Å². The van der Waals surface area contributed by atoms with Gasteiger partial charge in [-0.25, -0.2) is 0 Å². The van der Waals surface area contributed by atoms with Crippen LogP contribution in [0.2, 0.25) is 0 Å². The summed E-state index contributed by atoms with van der Waals surface area (Å²) in [5, 5.41) is 0. The number of rotatable bonds is 2. The van der Waals surface area contributed by atoms with Gasteiger partial charge in [0.1, 0.15) is 0 Å². The highest BCUT2D eigenvalue weighted by Crippen LogP contribution is 2.05. The average molecular weight is 181 g/mol. The van der Waals surface area contributed by atoms with E-state index in [1.165, 1.54) is 6.07 Å². The van der Waals surface area contributed by atoms with Gasteiger partial charge in [0.05, 0.1) is 11.4 Å². The molecule has 72 valence electrons. The minimum absolute atomic E-state index is 0.164. The molecule has 0 radical (unpaired) electrons. The van der Waals surface area contributed by atoms with Crippen molar-refractivity contribution in [2.75, 3.05) is 11.5 Å². The van der Waals surface area contributed by atoms with Crippen molar-refractivity contribution < 1.29 is 0 Å². The molecule has 0 aromatic carbocycles. The Morgan fingerprint density at radius 1 is 1.46 bits per heavy atom. The van der Waals surface area contributed by atoms with E-state index >= 15 is 0 Å². The molecule has 4 heteroatoms. The summed E-state index contributed by atoms with van der Waals surface area (Å²) in [7, 11) is 0. The number of anilines is 2. The first-order valence-corrected chi connectivity index (χ1v) is 4.26. The Balaban J connectivity index is 3.13. The highest BCUT2D eigenvalue weighted by atomic mass is 16.1. The highest BCUT2D eigenvalue weighted by molar-refractivity contribution is 5.48. The number of hydrogen-bond donors (Lipinski definition) is 2. The van der Waals surface area contributed by atoms with Crippen molar-refractivity contribution in [2.24, 2.45) is 5.92 Å². The smallest absolute Gasteiger partial charge is 0.273 e. The fraction of sp³-hybridized carbons (Fsp3) is 0.444. The Labute approximate surface area is 77.2 Å². The van der Waals surface area contributed by atoms with Gasteiger partial charge in [-0.1, -0.05) is 13.8 Å². The van der Waals surface area contributed by atoms with E-state index in [1.54, 1.807) is 10.8 Å². The lowest BCUT2D eigenvalue weighted by Crippen LogP contribution is -2.24. The third-order valence-electron chi connectivity index (χ3n) is 1.70.